The average Bonchev–Trinajstić information content (AvgIpc) is 2.60. The smallest absolute Gasteiger partial charge is 0.356 e. The Morgan fingerprint density at radius 2 is 2.24 bits per heavy atom. The van der Waals surface area contributed by atoms with Gasteiger partial charge in [0.2, 0.25) is 0 Å². The zero-order valence-corrected chi connectivity index (χ0v) is 9.60. The molecule has 90 valence electrons. The second kappa shape index (κ2) is 4.04. The number of aromatic nitrogens is 3. The molecule has 0 aliphatic carbocycles. The Labute approximate surface area is 96.9 Å². The highest BCUT2D eigenvalue weighted by Gasteiger charge is 2.12. The fourth-order valence-corrected chi connectivity index (χ4v) is 1.73. The fourth-order valence-electron chi connectivity index (χ4n) is 1.73. The summed E-state index contributed by atoms with van der Waals surface area (Å²) in [7, 11) is 0. The Hall–Kier alpha value is -2.11. The maximum atomic E-state index is 11.4. The van der Waals surface area contributed by atoms with Crippen LogP contribution in [0, 0.1) is 5.92 Å². The Balaban J connectivity index is 2.65. The van der Waals surface area contributed by atoms with Crippen LogP contribution in [-0.4, -0.2) is 25.7 Å². The van der Waals surface area contributed by atoms with Crippen molar-refractivity contribution in [2.75, 3.05) is 0 Å². The number of carboxylic acid groups (broad SMARTS) is 1. The number of H-pyrrole nitrogens is 1. The van der Waals surface area contributed by atoms with E-state index in [2.05, 4.69) is 10.1 Å². The fraction of sp³-hybridized carbons (Fsp3) is 0.364. The van der Waals surface area contributed by atoms with Gasteiger partial charge in [-0.2, -0.15) is 5.10 Å². The third kappa shape index (κ3) is 2.20. The first-order valence-electron chi connectivity index (χ1n) is 5.32. The van der Waals surface area contributed by atoms with E-state index in [1.165, 1.54) is 16.6 Å². The van der Waals surface area contributed by atoms with Crippen molar-refractivity contribution in [1.29, 1.82) is 0 Å². The predicted octanol–water partition coefficient (Wildman–Crippen LogP) is 0.919. The summed E-state index contributed by atoms with van der Waals surface area (Å²) in [6.07, 6.45) is 0.668. The highest BCUT2D eigenvalue weighted by molar-refractivity contribution is 5.86. The van der Waals surface area contributed by atoms with Gasteiger partial charge >= 0.3 is 5.97 Å². The van der Waals surface area contributed by atoms with Gasteiger partial charge in [0.05, 0.1) is 5.69 Å². The Morgan fingerprint density at radius 3 is 2.82 bits per heavy atom. The molecule has 2 rings (SSSR count). The quantitative estimate of drug-likeness (QED) is 0.828. The number of aromatic amines is 1. The second-order valence-electron chi connectivity index (χ2n) is 4.35. The lowest BCUT2D eigenvalue weighted by Crippen LogP contribution is -2.13. The first kappa shape index (κ1) is 11.4. The minimum Gasteiger partial charge on any atom is -0.476 e. The highest BCUT2D eigenvalue weighted by atomic mass is 16.4. The number of nitrogens with zero attached hydrogens (tertiary/aromatic N) is 2. The highest BCUT2D eigenvalue weighted by Crippen LogP contribution is 2.09. The standard InChI is InChI=1S/C11H13N3O3/c1-6(2)3-7-4-10(15)12-9-5-8(11(16)17)13-14(7)9/h4-6H,3H2,1-2H3,(H,12,15)(H,16,17). The average molecular weight is 235 g/mol. The molecule has 2 aromatic rings. The van der Waals surface area contributed by atoms with Crippen LogP contribution in [0.4, 0.5) is 0 Å². The molecule has 0 saturated heterocycles. The topological polar surface area (TPSA) is 87.5 Å². The number of nitrogens with one attached hydrogen (secondary N) is 1. The van der Waals surface area contributed by atoms with Gasteiger partial charge in [-0.05, 0) is 12.3 Å². The van der Waals surface area contributed by atoms with Crippen LogP contribution in [0.1, 0.15) is 30.0 Å². The number of hydrogen-bond acceptors (Lipinski definition) is 3. The molecule has 0 amide bonds. The zero-order valence-electron chi connectivity index (χ0n) is 9.60. The van der Waals surface area contributed by atoms with Crippen LogP contribution in [0.15, 0.2) is 16.9 Å². The number of fused-ring (bicyclic) bond motifs is 1. The number of rotatable bonds is 3. The van der Waals surface area contributed by atoms with Crippen LogP contribution in [-0.2, 0) is 6.42 Å². The molecular formula is C11H13N3O3. The number of hydrogen-bond donors (Lipinski definition) is 2. The lowest BCUT2D eigenvalue weighted by atomic mass is 10.1. The summed E-state index contributed by atoms with van der Waals surface area (Å²) in [6.45, 7) is 4.04. The van der Waals surface area contributed by atoms with Gasteiger partial charge in [-0.1, -0.05) is 13.8 Å². The molecule has 0 radical (unpaired) electrons. The third-order valence-electron chi connectivity index (χ3n) is 2.37. The zero-order chi connectivity index (χ0) is 12.6. The van der Waals surface area contributed by atoms with Gasteiger partial charge in [0.25, 0.3) is 5.56 Å². The van der Waals surface area contributed by atoms with E-state index < -0.39 is 5.97 Å². The van der Waals surface area contributed by atoms with Crippen molar-refractivity contribution in [2.24, 2.45) is 5.92 Å². The Kier molecular flexibility index (Phi) is 2.71. The van der Waals surface area contributed by atoms with E-state index in [4.69, 9.17) is 5.11 Å². The lowest BCUT2D eigenvalue weighted by Gasteiger charge is -2.06. The van der Waals surface area contributed by atoms with Gasteiger partial charge in [0.1, 0.15) is 5.65 Å². The van der Waals surface area contributed by atoms with Crippen molar-refractivity contribution >= 4 is 11.6 Å². The van der Waals surface area contributed by atoms with Crippen LogP contribution in [0.25, 0.3) is 5.65 Å². The molecule has 0 unspecified atom stereocenters. The van der Waals surface area contributed by atoms with Gasteiger partial charge < -0.3 is 10.1 Å². The molecule has 0 aliphatic rings. The van der Waals surface area contributed by atoms with E-state index in [0.29, 0.717) is 23.7 Å². The minimum atomic E-state index is -1.11. The Bertz CT molecular complexity index is 624. The molecule has 0 aromatic carbocycles. The molecular weight excluding hydrogens is 222 g/mol. The van der Waals surface area contributed by atoms with Crippen LogP contribution >= 0.6 is 0 Å². The summed E-state index contributed by atoms with van der Waals surface area (Å²) in [4.78, 5) is 24.8. The summed E-state index contributed by atoms with van der Waals surface area (Å²) in [5.74, 6) is -0.748. The van der Waals surface area contributed by atoms with Gasteiger partial charge in [0.15, 0.2) is 5.69 Å². The first-order valence-corrected chi connectivity index (χ1v) is 5.32. The van der Waals surface area contributed by atoms with Crippen LogP contribution in [0.5, 0.6) is 0 Å². The van der Waals surface area contributed by atoms with Crippen molar-refractivity contribution in [3.8, 4) is 0 Å². The summed E-state index contributed by atoms with van der Waals surface area (Å²) >= 11 is 0. The molecule has 0 saturated carbocycles. The molecule has 0 bridgehead atoms. The second-order valence-corrected chi connectivity index (χ2v) is 4.35. The van der Waals surface area contributed by atoms with E-state index >= 15 is 0 Å². The van der Waals surface area contributed by atoms with Crippen LogP contribution in [0.2, 0.25) is 0 Å². The molecule has 2 N–H and O–H groups in total. The molecule has 0 fully saturated rings. The first-order chi connectivity index (χ1) is 7.97. The van der Waals surface area contributed by atoms with Crippen LogP contribution in [0.3, 0.4) is 0 Å². The lowest BCUT2D eigenvalue weighted by molar-refractivity contribution is 0.0690. The van der Waals surface area contributed by atoms with E-state index in [1.807, 2.05) is 13.8 Å². The predicted molar refractivity (Wildman–Crippen MR) is 61.3 cm³/mol. The number of carboxylic acids is 1. The van der Waals surface area contributed by atoms with E-state index in [1.54, 1.807) is 0 Å². The monoisotopic (exact) mass is 235 g/mol. The largest absolute Gasteiger partial charge is 0.476 e. The Morgan fingerprint density at radius 1 is 1.53 bits per heavy atom. The molecule has 0 atom stereocenters. The van der Waals surface area contributed by atoms with Crippen molar-refractivity contribution in [1.82, 2.24) is 14.6 Å². The maximum Gasteiger partial charge on any atom is 0.356 e. The SMILES string of the molecule is CC(C)Cc1cc(=O)[nH]c2cc(C(=O)O)nn12. The summed E-state index contributed by atoms with van der Waals surface area (Å²) in [5, 5.41) is 12.8. The van der Waals surface area contributed by atoms with Crippen molar-refractivity contribution in [3.63, 3.8) is 0 Å². The normalized spacial score (nSPS) is 11.2. The van der Waals surface area contributed by atoms with Crippen LogP contribution < -0.4 is 5.56 Å². The van der Waals surface area contributed by atoms with Gasteiger partial charge in [-0.3, -0.25) is 4.79 Å². The van der Waals surface area contributed by atoms with Crippen molar-refractivity contribution in [2.45, 2.75) is 20.3 Å². The maximum absolute atomic E-state index is 11.4. The third-order valence-corrected chi connectivity index (χ3v) is 2.37. The van der Waals surface area contributed by atoms with E-state index in [0.717, 1.165) is 0 Å². The van der Waals surface area contributed by atoms with Crippen molar-refractivity contribution in [3.05, 3.63) is 33.9 Å². The molecule has 0 spiro atoms. The molecule has 0 aliphatic heterocycles. The molecule has 2 heterocycles. The van der Waals surface area contributed by atoms with Crippen molar-refractivity contribution < 1.29 is 9.90 Å². The minimum absolute atomic E-state index is 0.0724. The molecule has 17 heavy (non-hydrogen) atoms. The van der Waals surface area contributed by atoms with Gasteiger partial charge in [-0.15, -0.1) is 0 Å². The molecule has 2 aromatic heterocycles. The number of carbonyl (C=O) groups is 1. The summed E-state index contributed by atoms with van der Waals surface area (Å²) in [5.41, 5.74) is 0.804. The van der Waals surface area contributed by atoms with Gasteiger partial charge in [-0.25, -0.2) is 9.31 Å². The molecule has 6 heteroatoms. The number of aromatic carboxylic acids is 1. The molecule has 6 nitrogen and oxygen atoms in total. The summed E-state index contributed by atoms with van der Waals surface area (Å²) in [6, 6.07) is 2.80. The van der Waals surface area contributed by atoms with E-state index in [-0.39, 0.29) is 11.3 Å². The summed E-state index contributed by atoms with van der Waals surface area (Å²) < 4.78 is 1.48. The van der Waals surface area contributed by atoms with Gasteiger partial charge in [0, 0.05) is 12.1 Å². The van der Waals surface area contributed by atoms with E-state index in [9.17, 15) is 9.59 Å².